The van der Waals surface area contributed by atoms with Crippen molar-refractivity contribution in [3.8, 4) is 5.75 Å². The van der Waals surface area contributed by atoms with Crippen LogP contribution in [-0.2, 0) is 20.3 Å². The number of hydrogen-bond acceptors (Lipinski definition) is 6. The number of rotatable bonds is 8. The Labute approximate surface area is 198 Å². The largest absolute Gasteiger partial charge is 0.468 e. The average Bonchev–Trinajstić information content (AvgIpc) is 3.54. The van der Waals surface area contributed by atoms with Crippen LogP contribution < -0.4 is 15.4 Å². The van der Waals surface area contributed by atoms with Crippen molar-refractivity contribution in [1.82, 2.24) is 29.3 Å². The number of nitrogens with one attached hydrogen (secondary N) is 2. The first-order chi connectivity index (χ1) is 16.8. The first-order valence-electron chi connectivity index (χ1n) is 10.5. The van der Waals surface area contributed by atoms with Crippen LogP contribution >= 0.6 is 0 Å². The lowest BCUT2D eigenvalue weighted by Crippen LogP contribution is -2.21. The molecule has 13 heteroatoms. The van der Waals surface area contributed by atoms with E-state index < -0.39 is 23.4 Å². The molecule has 0 bridgehead atoms. The predicted molar refractivity (Wildman–Crippen MR) is 121 cm³/mol. The Morgan fingerprint density at radius 1 is 1.06 bits per heavy atom. The van der Waals surface area contributed by atoms with Crippen LogP contribution in [0.1, 0.15) is 33.6 Å². The van der Waals surface area contributed by atoms with E-state index in [0.717, 1.165) is 17.8 Å². The van der Waals surface area contributed by atoms with Crippen molar-refractivity contribution in [1.29, 1.82) is 0 Å². The number of anilines is 2. The van der Waals surface area contributed by atoms with Crippen LogP contribution in [0.2, 0.25) is 0 Å². The normalized spacial score (nSPS) is 10.9. The van der Waals surface area contributed by atoms with Crippen molar-refractivity contribution >= 4 is 23.2 Å². The number of hydrogen-bond donors (Lipinski definition) is 2. The molecule has 0 aliphatic heterocycles. The lowest BCUT2D eigenvalue weighted by atomic mass is 10.3. The van der Waals surface area contributed by atoms with Gasteiger partial charge in [-0.1, -0.05) is 0 Å². The molecule has 0 spiro atoms. The highest BCUT2D eigenvalue weighted by Gasteiger charge is 2.22. The molecule has 0 radical (unpaired) electrons. The summed E-state index contributed by atoms with van der Waals surface area (Å²) in [5, 5.41) is 17.8. The predicted octanol–water partition coefficient (Wildman–Crippen LogP) is 2.96. The van der Waals surface area contributed by atoms with Crippen molar-refractivity contribution in [2.45, 2.75) is 27.1 Å². The van der Waals surface area contributed by atoms with E-state index in [0.29, 0.717) is 18.3 Å². The molecule has 2 amide bonds. The minimum Gasteiger partial charge on any atom is -0.468 e. The zero-order valence-electron chi connectivity index (χ0n) is 19.1. The van der Waals surface area contributed by atoms with E-state index in [-0.39, 0.29) is 29.6 Å². The van der Waals surface area contributed by atoms with Crippen molar-refractivity contribution in [3.05, 3.63) is 71.6 Å². The summed E-state index contributed by atoms with van der Waals surface area (Å²) < 4.78 is 36.4. The smallest absolute Gasteiger partial charge is 0.276 e. The number of carbonyl (C=O) groups excluding carboxylic acids is 2. The van der Waals surface area contributed by atoms with Crippen molar-refractivity contribution in [2.75, 3.05) is 10.6 Å². The van der Waals surface area contributed by atoms with Gasteiger partial charge in [-0.15, -0.1) is 0 Å². The second kappa shape index (κ2) is 9.75. The van der Waals surface area contributed by atoms with Gasteiger partial charge in [-0.2, -0.15) is 15.3 Å². The van der Waals surface area contributed by atoms with E-state index in [2.05, 4.69) is 25.9 Å². The van der Waals surface area contributed by atoms with Crippen LogP contribution in [0.25, 0.3) is 0 Å². The van der Waals surface area contributed by atoms with Gasteiger partial charge >= 0.3 is 0 Å². The summed E-state index contributed by atoms with van der Waals surface area (Å²) in [6, 6.07) is 4.37. The Balaban J connectivity index is 1.45. The number of nitrogens with zero attached hydrogens (tertiary/aromatic N) is 6. The number of aryl methyl sites for hydroxylation is 2. The lowest BCUT2D eigenvalue weighted by molar-refractivity contribution is 0.101. The fraction of sp³-hybridized carbons (Fsp3) is 0.227. The van der Waals surface area contributed by atoms with Gasteiger partial charge in [0.1, 0.15) is 11.5 Å². The number of aromatic nitrogens is 6. The van der Waals surface area contributed by atoms with Gasteiger partial charge in [-0.25, -0.2) is 13.5 Å². The third-order valence-electron chi connectivity index (χ3n) is 5.21. The maximum atomic E-state index is 13.7. The maximum absolute atomic E-state index is 13.7. The molecule has 0 fully saturated rings. The summed E-state index contributed by atoms with van der Waals surface area (Å²) in [7, 11) is 1.76. The van der Waals surface area contributed by atoms with Gasteiger partial charge in [-0.3, -0.25) is 19.0 Å². The highest BCUT2D eigenvalue weighted by Crippen LogP contribution is 2.21. The molecule has 4 aromatic rings. The van der Waals surface area contributed by atoms with Crippen LogP contribution in [0.15, 0.2) is 42.9 Å². The van der Waals surface area contributed by atoms with E-state index in [1.54, 1.807) is 11.7 Å². The fourth-order valence-electron chi connectivity index (χ4n) is 3.23. The van der Waals surface area contributed by atoms with Gasteiger partial charge in [0.05, 0.1) is 29.5 Å². The molecule has 11 nitrogen and oxygen atoms in total. The summed E-state index contributed by atoms with van der Waals surface area (Å²) >= 11 is 0. The molecule has 1 aromatic carbocycles. The van der Waals surface area contributed by atoms with Gasteiger partial charge < -0.3 is 15.4 Å². The Bertz CT molecular complexity index is 1390. The number of benzene rings is 1. The SMILES string of the molecule is CCn1ncc(NC(=O)c2ccn(COc3ccc(F)cc3F)n2)c1C(=O)Nc1cnn(C)c1C. The summed E-state index contributed by atoms with van der Waals surface area (Å²) in [6.07, 6.45) is 4.37. The van der Waals surface area contributed by atoms with Crippen LogP contribution in [-0.4, -0.2) is 41.2 Å². The molecule has 182 valence electrons. The van der Waals surface area contributed by atoms with E-state index in [1.165, 1.54) is 34.0 Å². The summed E-state index contributed by atoms with van der Waals surface area (Å²) in [4.78, 5) is 25.7. The van der Waals surface area contributed by atoms with Crippen LogP contribution in [0.3, 0.4) is 0 Å². The number of amides is 2. The second-order valence-electron chi connectivity index (χ2n) is 7.49. The van der Waals surface area contributed by atoms with E-state index >= 15 is 0 Å². The van der Waals surface area contributed by atoms with Crippen molar-refractivity contribution in [3.63, 3.8) is 0 Å². The first kappa shape index (κ1) is 23.6. The zero-order valence-corrected chi connectivity index (χ0v) is 19.1. The summed E-state index contributed by atoms with van der Waals surface area (Å²) in [6.45, 7) is 3.82. The second-order valence-corrected chi connectivity index (χ2v) is 7.49. The zero-order chi connectivity index (χ0) is 25.1. The molecule has 4 rings (SSSR count). The standard InChI is InChI=1S/C22H22F2N8O3/c1-4-32-20(22(34)27-17-10-25-30(3)13(17)2)18(11-26-32)28-21(33)16-7-8-31(29-16)12-35-19-6-5-14(23)9-15(19)24/h5-11H,4,12H2,1-3H3,(H,27,34)(H,28,33). The summed E-state index contributed by atoms with van der Waals surface area (Å²) in [5.41, 5.74) is 1.70. The molecule has 0 atom stereocenters. The molecule has 3 aromatic heterocycles. The van der Waals surface area contributed by atoms with E-state index in [1.807, 2.05) is 13.8 Å². The summed E-state index contributed by atoms with van der Waals surface area (Å²) in [5.74, 6) is -2.77. The van der Waals surface area contributed by atoms with Gasteiger partial charge in [0.2, 0.25) is 0 Å². The molecule has 0 aliphatic carbocycles. The lowest BCUT2D eigenvalue weighted by Gasteiger charge is -2.09. The molecule has 0 saturated carbocycles. The molecule has 0 saturated heterocycles. The molecular weight excluding hydrogens is 462 g/mol. The Hall–Kier alpha value is -4.55. The average molecular weight is 484 g/mol. The Morgan fingerprint density at radius 3 is 2.49 bits per heavy atom. The fourth-order valence-corrected chi connectivity index (χ4v) is 3.23. The Kier molecular flexibility index (Phi) is 6.57. The molecule has 0 aliphatic rings. The topological polar surface area (TPSA) is 121 Å². The Morgan fingerprint density at radius 2 is 1.80 bits per heavy atom. The first-order valence-corrected chi connectivity index (χ1v) is 10.5. The molecule has 0 unspecified atom stereocenters. The van der Waals surface area contributed by atoms with Gasteiger partial charge in [0.25, 0.3) is 11.8 Å². The van der Waals surface area contributed by atoms with Crippen LogP contribution in [0.5, 0.6) is 5.75 Å². The molecule has 35 heavy (non-hydrogen) atoms. The number of ether oxygens (including phenoxy) is 1. The highest BCUT2D eigenvalue weighted by molar-refractivity contribution is 6.11. The number of halogens is 2. The third-order valence-corrected chi connectivity index (χ3v) is 5.21. The van der Waals surface area contributed by atoms with Crippen molar-refractivity contribution < 1.29 is 23.1 Å². The molecule has 2 N–H and O–H groups in total. The monoisotopic (exact) mass is 484 g/mol. The van der Waals surface area contributed by atoms with E-state index in [4.69, 9.17) is 4.74 Å². The van der Waals surface area contributed by atoms with Gasteiger partial charge in [-0.05, 0) is 32.0 Å². The quantitative estimate of drug-likeness (QED) is 0.397. The maximum Gasteiger partial charge on any atom is 0.276 e. The van der Waals surface area contributed by atoms with Gasteiger partial charge in [0, 0.05) is 25.9 Å². The molecule has 3 heterocycles. The third kappa shape index (κ3) is 5.03. The minimum atomic E-state index is -0.852. The molecular formula is C22H22F2N8O3. The van der Waals surface area contributed by atoms with Crippen LogP contribution in [0.4, 0.5) is 20.2 Å². The minimum absolute atomic E-state index is 0.0342. The highest BCUT2D eigenvalue weighted by atomic mass is 19.1. The van der Waals surface area contributed by atoms with Crippen LogP contribution in [0, 0.1) is 18.6 Å². The van der Waals surface area contributed by atoms with Gasteiger partial charge in [0.15, 0.2) is 24.0 Å². The van der Waals surface area contributed by atoms with E-state index in [9.17, 15) is 18.4 Å². The number of carbonyl (C=O) groups is 2. The van der Waals surface area contributed by atoms with Crippen molar-refractivity contribution in [2.24, 2.45) is 7.05 Å².